The van der Waals surface area contributed by atoms with E-state index in [1.165, 1.54) is 0 Å². The third-order valence-electron chi connectivity index (χ3n) is 3.36. The van der Waals surface area contributed by atoms with E-state index in [1.54, 1.807) is 4.90 Å². The number of carbonyl (C=O) groups excluding carboxylic acids is 1. The zero-order chi connectivity index (χ0) is 12.4. The number of anilines is 2. The van der Waals surface area contributed by atoms with Crippen LogP contribution in [0.4, 0.5) is 11.4 Å². The van der Waals surface area contributed by atoms with E-state index in [2.05, 4.69) is 5.32 Å². The third kappa shape index (κ3) is 2.52. The molecule has 1 aromatic carbocycles. The molecule has 1 amide bonds. The molecule has 0 bridgehead atoms. The zero-order valence-corrected chi connectivity index (χ0v) is 10.4. The minimum absolute atomic E-state index is 0.229. The maximum absolute atomic E-state index is 11.4. The van der Waals surface area contributed by atoms with Gasteiger partial charge in [-0.15, -0.1) is 0 Å². The maximum Gasteiger partial charge on any atom is 0.222 e. The molecule has 1 aliphatic heterocycles. The number of nitrogens with zero attached hydrogens (tertiary/aromatic N) is 1. The van der Waals surface area contributed by atoms with Crippen LogP contribution in [0.2, 0.25) is 0 Å². The van der Waals surface area contributed by atoms with E-state index in [-0.39, 0.29) is 5.91 Å². The van der Waals surface area contributed by atoms with Crippen molar-refractivity contribution in [2.75, 3.05) is 24.6 Å². The number of piperidine rings is 1. The second kappa shape index (κ2) is 4.65. The number of likely N-dealkylation sites (tertiary alicyclic amines) is 1. The molecule has 0 aliphatic carbocycles. The molecule has 3 N–H and O–H groups in total. The summed E-state index contributed by atoms with van der Waals surface area (Å²) in [6.45, 7) is 2.77. The molecule has 1 heterocycles. The summed E-state index contributed by atoms with van der Waals surface area (Å²) in [6.07, 6.45) is 1.51. The summed E-state index contributed by atoms with van der Waals surface area (Å²) in [5.74, 6) is 0.229. The zero-order valence-electron chi connectivity index (χ0n) is 10.4. The lowest BCUT2D eigenvalue weighted by atomic mass is 10.0. The van der Waals surface area contributed by atoms with E-state index < -0.39 is 0 Å². The second-order valence-electron chi connectivity index (χ2n) is 4.67. The van der Waals surface area contributed by atoms with Crippen molar-refractivity contribution in [3.63, 3.8) is 0 Å². The van der Waals surface area contributed by atoms with Gasteiger partial charge in [0.15, 0.2) is 0 Å². The van der Waals surface area contributed by atoms with Crippen LogP contribution in [-0.4, -0.2) is 30.4 Å². The van der Waals surface area contributed by atoms with Gasteiger partial charge in [-0.3, -0.25) is 4.79 Å². The third-order valence-corrected chi connectivity index (χ3v) is 3.36. The van der Waals surface area contributed by atoms with Crippen molar-refractivity contribution in [2.24, 2.45) is 0 Å². The molecular formula is C13H19N3O. The molecule has 1 saturated heterocycles. The van der Waals surface area contributed by atoms with Gasteiger partial charge in [0.25, 0.3) is 0 Å². The van der Waals surface area contributed by atoms with Crippen LogP contribution < -0.4 is 11.1 Å². The summed E-state index contributed by atoms with van der Waals surface area (Å²) in [4.78, 5) is 13.2. The van der Waals surface area contributed by atoms with Crippen LogP contribution in [0.5, 0.6) is 0 Å². The summed E-state index contributed by atoms with van der Waals surface area (Å²) in [5, 5.41) is 3.47. The number of nitrogens with one attached hydrogen (secondary N) is 1. The van der Waals surface area contributed by atoms with Crippen molar-refractivity contribution in [2.45, 2.75) is 25.8 Å². The van der Waals surface area contributed by atoms with Crippen LogP contribution in [0.15, 0.2) is 18.2 Å². The Hall–Kier alpha value is -1.71. The predicted molar refractivity (Wildman–Crippen MR) is 69.9 cm³/mol. The molecule has 0 spiro atoms. The molecule has 1 unspecified atom stereocenters. The Morgan fingerprint density at radius 2 is 2.24 bits per heavy atom. The van der Waals surface area contributed by atoms with Gasteiger partial charge in [0, 0.05) is 37.4 Å². The quantitative estimate of drug-likeness (QED) is 0.763. The first-order valence-electron chi connectivity index (χ1n) is 5.93. The molecule has 1 atom stereocenters. The highest BCUT2D eigenvalue weighted by molar-refractivity contribution is 5.77. The number of nitrogen functional groups attached to an aromatic ring is 1. The summed E-state index contributed by atoms with van der Waals surface area (Å²) >= 11 is 0. The highest BCUT2D eigenvalue weighted by Crippen LogP contribution is 2.23. The number of amides is 1. The molecule has 1 fully saturated rings. The monoisotopic (exact) mass is 233 g/mol. The van der Waals surface area contributed by atoms with Crippen molar-refractivity contribution in [3.8, 4) is 0 Å². The Morgan fingerprint density at radius 3 is 2.94 bits per heavy atom. The molecule has 4 heteroatoms. The molecule has 17 heavy (non-hydrogen) atoms. The van der Waals surface area contributed by atoms with Gasteiger partial charge < -0.3 is 16.0 Å². The number of rotatable bonds is 2. The van der Waals surface area contributed by atoms with Gasteiger partial charge in [0.1, 0.15) is 0 Å². The van der Waals surface area contributed by atoms with E-state index in [0.717, 1.165) is 29.9 Å². The maximum atomic E-state index is 11.4. The van der Waals surface area contributed by atoms with Crippen molar-refractivity contribution in [3.05, 3.63) is 23.8 Å². The normalized spacial score (nSPS) is 20.5. The molecule has 0 aromatic heterocycles. The summed E-state index contributed by atoms with van der Waals surface area (Å²) in [6, 6.07) is 6.19. The number of likely N-dealkylation sites (N-methyl/N-ethyl adjacent to an activating group) is 1. The molecule has 1 aromatic rings. The molecule has 0 saturated carbocycles. The van der Waals surface area contributed by atoms with Gasteiger partial charge in [-0.05, 0) is 31.0 Å². The molecule has 2 rings (SSSR count). The van der Waals surface area contributed by atoms with Crippen LogP contribution in [0.3, 0.4) is 0 Å². The Kier molecular flexibility index (Phi) is 3.22. The smallest absolute Gasteiger partial charge is 0.222 e. The Labute approximate surface area is 102 Å². The number of hydrogen-bond acceptors (Lipinski definition) is 3. The van der Waals surface area contributed by atoms with Gasteiger partial charge in [0.05, 0.1) is 0 Å². The van der Waals surface area contributed by atoms with Gasteiger partial charge in [-0.25, -0.2) is 0 Å². The fourth-order valence-electron chi connectivity index (χ4n) is 2.16. The SMILES string of the molecule is Cc1c(N)cccc1NC1CCC(=O)N(C)C1. The van der Waals surface area contributed by atoms with E-state index in [9.17, 15) is 4.79 Å². The lowest BCUT2D eigenvalue weighted by Crippen LogP contribution is -2.43. The topological polar surface area (TPSA) is 58.4 Å². The Morgan fingerprint density at radius 1 is 1.47 bits per heavy atom. The summed E-state index contributed by atoms with van der Waals surface area (Å²) in [7, 11) is 1.85. The predicted octanol–water partition coefficient (Wildman–Crippen LogP) is 1.61. The van der Waals surface area contributed by atoms with Gasteiger partial charge in [-0.1, -0.05) is 6.07 Å². The largest absolute Gasteiger partial charge is 0.398 e. The first kappa shape index (κ1) is 11.8. The van der Waals surface area contributed by atoms with Crippen LogP contribution in [-0.2, 0) is 4.79 Å². The van der Waals surface area contributed by atoms with Crippen molar-refractivity contribution < 1.29 is 4.79 Å². The molecule has 0 radical (unpaired) electrons. The average Bonchev–Trinajstić information content (AvgIpc) is 2.30. The number of hydrogen-bond donors (Lipinski definition) is 2. The van der Waals surface area contributed by atoms with Crippen molar-refractivity contribution >= 4 is 17.3 Å². The highest BCUT2D eigenvalue weighted by atomic mass is 16.2. The van der Waals surface area contributed by atoms with Crippen LogP contribution >= 0.6 is 0 Å². The van der Waals surface area contributed by atoms with Crippen molar-refractivity contribution in [1.82, 2.24) is 4.90 Å². The first-order valence-corrected chi connectivity index (χ1v) is 5.93. The van der Waals surface area contributed by atoms with Crippen molar-refractivity contribution in [1.29, 1.82) is 0 Å². The van der Waals surface area contributed by atoms with E-state index in [1.807, 2.05) is 32.2 Å². The molecule has 92 valence electrons. The molecular weight excluding hydrogens is 214 g/mol. The number of nitrogens with two attached hydrogens (primary N) is 1. The minimum atomic E-state index is 0.229. The lowest BCUT2D eigenvalue weighted by Gasteiger charge is -2.31. The summed E-state index contributed by atoms with van der Waals surface area (Å²) < 4.78 is 0. The van der Waals surface area contributed by atoms with Gasteiger partial charge in [0.2, 0.25) is 5.91 Å². The van der Waals surface area contributed by atoms with E-state index in [0.29, 0.717) is 12.5 Å². The Balaban J connectivity index is 2.06. The van der Waals surface area contributed by atoms with Gasteiger partial charge >= 0.3 is 0 Å². The van der Waals surface area contributed by atoms with Crippen LogP contribution in [0.1, 0.15) is 18.4 Å². The Bertz CT molecular complexity index is 431. The van der Waals surface area contributed by atoms with Gasteiger partial charge in [-0.2, -0.15) is 0 Å². The number of benzene rings is 1. The fourth-order valence-corrected chi connectivity index (χ4v) is 2.16. The lowest BCUT2D eigenvalue weighted by molar-refractivity contribution is -0.132. The first-order chi connectivity index (χ1) is 8.08. The minimum Gasteiger partial charge on any atom is -0.398 e. The molecule has 1 aliphatic rings. The standard InChI is InChI=1S/C13H19N3O/c1-9-11(14)4-3-5-12(9)15-10-6-7-13(17)16(2)8-10/h3-5,10,15H,6-8,14H2,1-2H3. The van der Waals surface area contributed by atoms with E-state index in [4.69, 9.17) is 5.73 Å². The van der Waals surface area contributed by atoms with Crippen LogP contribution in [0, 0.1) is 6.92 Å². The van der Waals surface area contributed by atoms with E-state index >= 15 is 0 Å². The molecule has 4 nitrogen and oxygen atoms in total. The average molecular weight is 233 g/mol. The highest BCUT2D eigenvalue weighted by Gasteiger charge is 2.22. The fraction of sp³-hybridized carbons (Fsp3) is 0.462. The summed E-state index contributed by atoms with van der Waals surface area (Å²) in [5.41, 5.74) is 8.82. The number of carbonyl (C=O) groups is 1. The second-order valence-corrected chi connectivity index (χ2v) is 4.67. The van der Waals surface area contributed by atoms with Crippen LogP contribution in [0.25, 0.3) is 0 Å².